The molecule has 2 fully saturated rings. The SMILES string of the molecule is CC[C@H]1O[C@@]12CCCOC2=O. The van der Waals surface area contributed by atoms with E-state index in [0.717, 1.165) is 19.3 Å². The number of epoxide rings is 1. The average Bonchev–Trinajstić information content (AvgIpc) is 2.72. The maximum atomic E-state index is 11.2. The Bertz CT molecular complexity index is 190. The van der Waals surface area contributed by atoms with Crippen LogP contribution in [0.4, 0.5) is 0 Å². The summed E-state index contributed by atoms with van der Waals surface area (Å²) in [6, 6.07) is 0. The van der Waals surface area contributed by atoms with Crippen molar-refractivity contribution < 1.29 is 14.3 Å². The first kappa shape index (κ1) is 7.10. The standard InChI is InChI=1S/C8H12O3/c1-2-6-8(11-6)4-3-5-10-7(8)9/h6H,2-5H2,1H3/t6-,8+/m1/s1. The average molecular weight is 156 g/mol. The fourth-order valence-electron chi connectivity index (χ4n) is 1.76. The number of carbonyl (C=O) groups excluding carboxylic acids is 1. The van der Waals surface area contributed by atoms with Gasteiger partial charge in [0, 0.05) is 0 Å². The molecule has 0 bridgehead atoms. The minimum atomic E-state index is -0.507. The zero-order valence-corrected chi connectivity index (χ0v) is 6.63. The molecule has 0 aromatic carbocycles. The van der Waals surface area contributed by atoms with E-state index in [1.54, 1.807) is 0 Å². The van der Waals surface area contributed by atoms with Crippen molar-refractivity contribution in [2.24, 2.45) is 0 Å². The molecule has 0 unspecified atom stereocenters. The van der Waals surface area contributed by atoms with Crippen LogP contribution in [-0.4, -0.2) is 24.3 Å². The van der Waals surface area contributed by atoms with Gasteiger partial charge in [0.15, 0.2) is 5.60 Å². The zero-order chi connectivity index (χ0) is 7.90. The number of cyclic esters (lactones) is 1. The van der Waals surface area contributed by atoms with Gasteiger partial charge in [-0.25, -0.2) is 4.79 Å². The maximum absolute atomic E-state index is 11.2. The highest BCUT2D eigenvalue weighted by Gasteiger charge is 2.63. The summed E-state index contributed by atoms with van der Waals surface area (Å²) >= 11 is 0. The van der Waals surface area contributed by atoms with E-state index in [-0.39, 0.29) is 12.1 Å². The highest BCUT2D eigenvalue weighted by molar-refractivity contribution is 5.84. The van der Waals surface area contributed by atoms with Crippen LogP contribution < -0.4 is 0 Å². The van der Waals surface area contributed by atoms with Crippen molar-refractivity contribution >= 4 is 5.97 Å². The first-order chi connectivity index (χ1) is 5.29. The number of carbonyl (C=O) groups is 1. The van der Waals surface area contributed by atoms with Crippen LogP contribution in [0.25, 0.3) is 0 Å². The lowest BCUT2D eigenvalue weighted by Gasteiger charge is -2.17. The molecule has 0 amide bonds. The Kier molecular flexibility index (Phi) is 1.42. The van der Waals surface area contributed by atoms with Gasteiger partial charge in [0.1, 0.15) is 0 Å². The fourth-order valence-corrected chi connectivity index (χ4v) is 1.76. The van der Waals surface area contributed by atoms with Gasteiger partial charge in [-0.15, -0.1) is 0 Å². The third kappa shape index (κ3) is 0.872. The lowest BCUT2D eigenvalue weighted by Crippen LogP contribution is -2.34. The molecule has 0 aliphatic carbocycles. The zero-order valence-electron chi connectivity index (χ0n) is 6.63. The quantitative estimate of drug-likeness (QED) is 0.417. The van der Waals surface area contributed by atoms with E-state index in [4.69, 9.17) is 9.47 Å². The van der Waals surface area contributed by atoms with Crippen molar-refractivity contribution in [3.05, 3.63) is 0 Å². The second-order valence-electron chi connectivity index (χ2n) is 3.14. The first-order valence-electron chi connectivity index (χ1n) is 4.14. The van der Waals surface area contributed by atoms with Gasteiger partial charge in [-0.2, -0.15) is 0 Å². The molecule has 3 nitrogen and oxygen atoms in total. The number of esters is 1. The van der Waals surface area contributed by atoms with Crippen molar-refractivity contribution in [2.45, 2.75) is 37.9 Å². The van der Waals surface area contributed by atoms with Gasteiger partial charge in [0.25, 0.3) is 0 Å². The summed E-state index contributed by atoms with van der Waals surface area (Å²) < 4.78 is 10.3. The van der Waals surface area contributed by atoms with Crippen LogP contribution in [0.5, 0.6) is 0 Å². The third-order valence-corrected chi connectivity index (χ3v) is 2.46. The summed E-state index contributed by atoms with van der Waals surface area (Å²) in [6.07, 6.45) is 2.84. The molecule has 2 atom stereocenters. The molecule has 11 heavy (non-hydrogen) atoms. The molecule has 0 radical (unpaired) electrons. The molecule has 62 valence electrons. The molecule has 2 rings (SSSR count). The number of hydrogen-bond donors (Lipinski definition) is 0. The maximum Gasteiger partial charge on any atom is 0.341 e. The van der Waals surface area contributed by atoms with Crippen LogP contribution in [0.1, 0.15) is 26.2 Å². The van der Waals surface area contributed by atoms with Crippen molar-refractivity contribution in [1.29, 1.82) is 0 Å². The van der Waals surface area contributed by atoms with E-state index in [1.807, 2.05) is 6.92 Å². The van der Waals surface area contributed by atoms with Gasteiger partial charge in [-0.3, -0.25) is 0 Å². The smallest absolute Gasteiger partial charge is 0.341 e. The van der Waals surface area contributed by atoms with Crippen molar-refractivity contribution in [1.82, 2.24) is 0 Å². The molecule has 0 N–H and O–H groups in total. The predicted molar refractivity (Wildman–Crippen MR) is 38.1 cm³/mol. The number of hydrogen-bond acceptors (Lipinski definition) is 3. The second-order valence-corrected chi connectivity index (χ2v) is 3.14. The predicted octanol–water partition coefficient (Wildman–Crippen LogP) is 0.871. The van der Waals surface area contributed by atoms with Crippen LogP contribution in [0.15, 0.2) is 0 Å². The van der Waals surface area contributed by atoms with E-state index in [0.29, 0.717) is 6.61 Å². The topological polar surface area (TPSA) is 38.8 Å². The summed E-state index contributed by atoms with van der Waals surface area (Å²) in [5, 5.41) is 0. The molecule has 2 saturated heterocycles. The Labute approximate surface area is 65.7 Å². The Morgan fingerprint density at radius 1 is 1.73 bits per heavy atom. The molecular weight excluding hydrogens is 144 g/mol. The first-order valence-corrected chi connectivity index (χ1v) is 4.14. The largest absolute Gasteiger partial charge is 0.463 e. The minimum Gasteiger partial charge on any atom is -0.463 e. The minimum absolute atomic E-state index is 0.135. The summed E-state index contributed by atoms with van der Waals surface area (Å²) in [4.78, 5) is 11.2. The van der Waals surface area contributed by atoms with Crippen molar-refractivity contribution in [3.8, 4) is 0 Å². The van der Waals surface area contributed by atoms with Crippen LogP contribution in [-0.2, 0) is 14.3 Å². The Morgan fingerprint density at radius 3 is 3.09 bits per heavy atom. The monoisotopic (exact) mass is 156 g/mol. The lowest BCUT2D eigenvalue weighted by molar-refractivity contribution is -0.154. The Morgan fingerprint density at radius 2 is 2.55 bits per heavy atom. The highest BCUT2D eigenvalue weighted by Crippen LogP contribution is 2.45. The third-order valence-electron chi connectivity index (χ3n) is 2.46. The Balaban J connectivity index is 2.07. The van der Waals surface area contributed by atoms with Gasteiger partial charge in [0.2, 0.25) is 0 Å². The van der Waals surface area contributed by atoms with Crippen LogP contribution in [0.2, 0.25) is 0 Å². The van der Waals surface area contributed by atoms with Gasteiger partial charge < -0.3 is 9.47 Å². The van der Waals surface area contributed by atoms with E-state index >= 15 is 0 Å². The van der Waals surface area contributed by atoms with Crippen molar-refractivity contribution in [3.63, 3.8) is 0 Å². The molecule has 1 spiro atoms. The summed E-state index contributed by atoms with van der Waals surface area (Å²) in [5.74, 6) is -0.143. The van der Waals surface area contributed by atoms with Crippen LogP contribution in [0, 0.1) is 0 Å². The Hall–Kier alpha value is -0.570. The fraction of sp³-hybridized carbons (Fsp3) is 0.875. The molecule has 0 aromatic heterocycles. The van der Waals surface area contributed by atoms with E-state index in [1.165, 1.54) is 0 Å². The molecule has 2 heterocycles. The molecule has 3 heteroatoms. The van der Waals surface area contributed by atoms with E-state index in [9.17, 15) is 4.79 Å². The lowest BCUT2D eigenvalue weighted by atomic mass is 9.96. The van der Waals surface area contributed by atoms with Crippen molar-refractivity contribution in [2.75, 3.05) is 6.61 Å². The molecule has 0 saturated carbocycles. The molecule has 2 aliphatic heterocycles. The van der Waals surface area contributed by atoms with E-state index < -0.39 is 5.60 Å². The highest BCUT2D eigenvalue weighted by atomic mass is 16.7. The number of rotatable bonds is 1. The van der Waals surface area contributed by atoms with E-state index in [2.05, 4.69) is 0 Å². The summed E-state index contributed by atoms with van der Waals surface area (Å²) in [7, 11) is 0. The normalized spacial score (nSPS) is 42.3. The molecule has 0 aromatic rings. The van der Waals surface area contributed by atoms with Crippen LogP contribution in [0.3, 0.4) is 0 Å². The van der Waals surface area contributed by atoms with Crippen LogP contribution >= 0.6 is 0 Å². The number of ether oxygens (including phenoxy) is 2. The molecular formula is C8H12O3. The van der Waals surface area contributed by atoms with Gasteiger partial charge >= 0.3 is 5.97 Å². The van der Waals surface area contributed by atoms with Gasteiger partial charge in [0.05, 0.1) is 12.7 Å². The molecule has 2 aliphatic rings. The second kappa shape index (κ2) is 2.21. The summed E-state index contributed by atoms with van der Waals surface area (Å²) in [6.45, 7) is 2.60. The van der Waals surface area contributed by atoms with Gasteiger partial charge in [-0.1, -0.05) is 6.92 Å². The van der Waals surface area contributed by atoms with Gasteiger partial charge in [-0.05, 0) is 19.3 Å². The summed E-state index contributed by atoms with van der Waals surface area (Å²) in [5.41, 5.74) is -0.507.